The standard InChI is InChI=1S/C54H50N6.Zn/c1-27-19-29(3)47(30(4)20-27)51-43-15-11-39(57-43)49(37-23-33(7)53(55)34(8)24-37)41-13-17-45(59-41)52(48-31(5)21-28(2)22-32(48)6)46-18-14-42(60-46)50(40-12-16-44(51)58-40)38-25-35(9)54(56)36(10)26-38;/h11-26H,55-56H2,1-10H3;/q-2;+2. The van der Waals surface area contributed by atoms with Crippen molar-refractivity contribution in [2.75, 3.05) is 11.5 Å². The zero-order valence-corrected chi connectivity index (χ0v) is 39.9. The van der Waals surface area contributed by atoms with Crippen LogP contribution in [0.15, 0.2) is 72.8 Å². The van der Waals surface area contributed by atoms with E-state index in [9.17, 15) is 0 Å². The summed E-state index contributed by atoms with van der Waals surface area (Å²) in [7, 11) is 0. The van der Waals surface area contributed by atoms with Gasteiger partial charge in [0, 0.05) is 11.4 Å². The van der Waals surface area contributed by atoms with Gasteiger partial charge in [-0.3, -0.25) is 0 Å². The van der Waals surface area contributed by atoms with Crippen LogP contribution in [0.25, 0.3) is 90.9 Å². The molecule has 3 aromatic heterocycles. The van der Waals surface area contributed by atoms with E-state index in [1.165, 1.54) is 33.4 Å². The zero-order valence-electron chi connectivity index (χ0n) is 36.9. The van der Waals surface area contributed by atoms with E-state index < -0.39 is 0 Å². The van der Waals surface area contributed by atoms with Gasteiger partial charge in [0.15, 0.2) is 0 Å². The van der Waals surface area contributed by atoms with Gasteiger partial charge in [0.25, 0.3) is 0 Å². The van der Waals surface area contributed by atoms with Gasteiger partial charge in [0.05, 0.1) is 22.8 Å². The summed E-state index contributed by atoms with van der Waals surface area (Å²) in [6.07, 6.45) is 8.52. The van der Waals surface area contributed by atoms with Crippen molar-refractivity contribution in [2.45, 2.75) is 69.2 Å². The summed E-state index contributed by atoms with van der Waals surface area (Å²) in [6, 6.07) is 26.1. The molecule has 0 saturated carbocycles. The molecule has 2 aliphatic heterocycles. The summed E-state index contributed by atoms with van der Waals surface area (Å²) in [4.78, 5) is 22.1. The quantitative estimate of drug-likeness (QED) is 0.135. The van der Waals surface area contributed by atoms with Gasteiger partial charge in [-0.05, 0) is 207 Å². The molecule has 0 amide bonds. The van der Waals surface area contributed by atoms with Crippen LogP contribution in [0.2, 0.25) is 0 Å². The molecule has 2 aliphatic rings. The van der Waals surface area contributed by atoms with Gasteiger partial charge in [0.1, 0.15) is 0 Å². The first-order chi connectivity index (χ1) is 28.7. The third-order valence-electron chi connectivity index (χ3n) is 12.2. The van der Waals surface area contributed by atoms with Crippen LogP contribution in [0.4, 0.5) is 11.4 Å². The number of aryl methyl sites for hydroxylation is 10. The Balaban J connectivity index is 0.00000514. The molecule has 0 aliphatic carbocycles. The molecule has 9 rings (SSSR count). The van der Waals surface area contributed by atoms with Crippen molar-refractivity contribution in [1.29, 1.82) is 0 Å². The van der Waals surface area contributed by atoms with E-state index in [0.29, 0.717) is 0 Å². The summed E-state index contributed by atoms with van der Waals surface area (Å²) in [5, 5.41) is 0. The second-order valence-electron chi connectivity index (χ2n) is 17.0. The van der Waals surface area contributed by atoms with Crippen LogP contribution in [-0.2, 0) is 19.5 Å². The van der Waals surface area contributed by atoms with Crippen LogP contribution in [0, 0.1) is 69.2 Å². The summed E-state index contributed by atoms with van der Waals surface area (Å²) in [6.45, 7) is 21.3. The number of hydrogen-bond donors (Lipinski definition) is 2. The molecular formula is C54H50N6Zn. The Bertz CT molecular complexity index is 2920. The van der Waals surface area contributed by atoms with Crippen molar-refractivity contribution in [3.05, 3.63) is 151 Å². The first-order valence-corrected chi connectivity index (χ1v) is 20.6. The average molecular weight is 848 g/mol. The van der Waals surface area contributed by atoms with Gasteiger partial charge in [-0.1, -0.05) is 59.7 Å². The molecule has 8 bridgehead atoms. The summed E-state index contributed by atoms with van der Waals surface area (Å²) in [5.74, 6) is 0. The Labute approximate surface area is 371 Å². The number of nitrogens with zero attached hydrogens (tertiary/aromatic N) is 4. The predicted molar refractivity (Wildman–Crippen MR) is 255 cm³/mol. The van der Waals surface area contributed by atoms with E-state index in [1.807, 2.05) is 0 Å². The summed E-state index contributed by atoms with van der Waals surface area (Å²) >= 11 is 0. The molecule has 61 heavy (non-hydrogen) atoms. The SMILES string of the molecule is Cc1cc(C)c(-c2c3nc(c(-c4cc(C)c(N)c(C)c4)c4ccc([n-]4)c(-c4c(C)cc(C)cc4C)c4nc(c(-c5cc(C)c(N)c(C)c5)c5ccc2[n-]5)C=C4)C=C3)c(C)c1.[Zn+2]. The molecule has 298 valence electrons. The van der Waals surface area contributed by atoms with Crippen molar-refractivity contribution in [2.24, 2.45) is 0 Å². The Morgan fingerprint density at radius 3 is 0.902 bits per heavy atom. The van der Waals surface area contributed by atoms with Gasteiger partial charge >= 0.3 is 19.5 Å². The molecule has 7 aromatic rings. The number of nitrogens with two attached hydrogens (primary N) is 2. The van der Waals surface area contributed by atoms with E-state index in [2.05, 4.69) is 166 Å². The molecule has 0 fully saturated rings. The summed E-state index contributed by atoms with van der Waals surface area (Å²) in [5.41, 5.74) is 40.7. The first-order valence-electron chi connectivity index (χ1n) is 20.6. The van der Waals surface area contributed by atoms with Crippen LogP contribution < -0.4 is 21.4 Å². The Kier molecular flexibility index (Phi) is 10.6. The van der Waals surface area contributed by atoms with Gasteiger partial charge in [-0.25, -0.2) is 9.97 Å². The molecule has 4 aromatic carbocycles. The molecule has 0 saturated heterocycles. The fourth-order valence-corrected chi connectivity index (χ4v) is 9.58. The second kappa shape index (κ2) is 15.6. The zero-order chi connectivity index (χ0) is 42.3. The van der Waals surface area contributed by atoms with E-state index >= 15 is 0 Å². The fraction of sp³-hybridized carbons (Fsp3) is 0.185. The Morgan fingerprint density at radius 2 is 0.607 bits per heavy atom. The maximum Gasteiger partial charge on any atom is 2.00 e. The molecule has 7 heteroatoms. The van der Waals surface area contributed by atoms with Gasteiger partial charge in [0.2, 0.25) is 0 Å². The first kappa shape index (κ1) is 41.4. The average Bonchev–Trinajstić information content (AvgIpc) is 4.02. The summed E-state index contributed by atoms with van der Waals surface area (Å²) < 4.78 is 0. The normalized spacial score (nSPS) is 12.0. The van der Waals surface area contributed by atoms with E-state index in [4.69, 9.17) is 31.4 Å². The molecule has 0 radical (unpaired) electrons. The number of fused-ring (bicyclic) bond motifs is 8. The molecule has 4 N–H and O–H groups in total. The van der Waals surface area contributed by atoms with Gasteiger partial charge in [-0.15, -0.1) is 22.1 Å². The fourth-order valence-electron chi connectivity index (χ4n) is 9.58. The minimum atomic E-state index is 0. The van der Waals surface area contributed by atoms with Crippen LogP contribution in [0.3, 0.4) is 0 Å². The number of hydrogen-bond acceptors (Lipinski definition) is 4. The van der Waals surface area contributed by atoms with Gasteiger partial charge < -0.3 is 21.4 Å². The Hall–Kier alpha value is -6.30. The van der Waals surface area contributed by atoms with Crippen LogP contribution in [-0.4, -0.2) is 9.97 Å². The van der Waals surface area contributed by atoms with Crippen molar-refractivity contribution < 1.29 is 19.5 Å². The van der Waals surface area contributed by atoms with E-state index in [0.717, 1.165) is 123 Å². The molecule has 0 atom stereocenters. The van der Waals surface area contributed by atoms with Crippen LogP contribution in [0.1, 0.15) is 78.4 Å². The largest absolute Gasteiger partial charge is 2.00 e. The van der Waals surface area contributed by atoms with Crippen molar-refractivity contribution >= 4 is 57.7 Å². The molecule has 0 unspecified atom stereocenters. The molecule has 0 spiro atoms. The van der Waals surface area contributed by atoms with Crippen LogP contribution in [0.5, 0.6) is 0 Å². The third kappa shape index (κ3) is 7.15. The predicted octanol–water partition coefficient (Wildman–Crippen LogP) is 12.8. The number of nitrogen functional groups attached to an aromatic ring is 2. The molecular weight excluding hydrogens is 798 g/mol. The van der Waals surface area contributed by atoms with Crippen molar-refractivity contribution in [3.63, 3.8) is 0 Å². The topological polar surface area (TPSA) is 106 Å². The van der Waals surface area contributed by atoms with Crippen molar-refractivity contribution in [3.8, 4) is 44.5 Å². The monoisotopic (exact) mass is 846 g/mol. The van der Waals surface area contributed by atoms with Crippen LogP contribution >= 0.6 is 0 Å². The molecule has 6 nitrogen and oxygen atoms in total. The minimum Gasteiger partial charge on any atom is -0.657 e. The number of aromatic nitrogens is 4. The minimum absolute atomic E-state index is 0. The number of rotatable bonds is 4. The number of benzene rings is 4. The number of anilines is 2. The maximum absolute atomic E-state index is 6.55. The second-order valence-corrected chi connectivity index (χ2v) is 17.0. The smallest absolute Gasteiger partial charge is 0.657 e. The van der Waals surface area contributed by atoms with Crippen molar-refractivity contribution in [1.82, 2.24) is 19.9 Å². The maximum atomic E-state index is 6.55. The van der Waals surface area contributed by atoms with Gasteiger partial charge in [-0.2, -0.15) is 0 Å². The molecule has 5 heterocycles. The Morgan fingerprint density at radius 1 is 0.344 bits per heavy atom. The van der Waals surface area contributed by atoms with E-state index in [1.54, 1.807) is 0 Å². The van der Waals surface area contributed by atoms with E-state index in [-0.39, 0.29) is 19.5 Å². The third-order valence-corrected chi connectivity index (χ3v) is 12.2.